The molecule has 0 aliphatic rings. The third-order valence-electron chi connectivity index (χ3n) is 3.26. The number of hydrogen-bond donors (Lipinski definition) is 1. The number of aromatic carboxylic acids is 1. The van der Waals surface area contributed by atoms with Crippen molar-refractivity contribution in [3.63, 3.8) is 0 Å². The summed E-state index contributed by atoms with van der Waals surface area (Å²) in [6.07, 6.45) is 0. The zero-order chi connectivity index (χ0) is 15.1. The lowest BCUT2D eigenvalue weighted by Crippen LogP contribution is -2.01. The van der Waals surface area contributed by atoms with Gasteiger partial charge >= 0.3 is 5.97 Å². The first kappa shape index (κ1) is 13.6. The summed E-state index contributed by atoms with van der Waals surface area (Å²) in [4.78, 5) is 15.5. The number of rotatable bonds is 2. The van der Waals surface area contributed by atoms with Crippen LogP contribution in [0.2, 0.25) is 5.02 Å². The molecule has 0 saturated heterocycles. The van der Waals surface area contributed by atoms with Crippen LogP contribution in [0.25, 0.3) is 16.7 Å². The van der Waals surface area contributed by atoms with Crippen molar-refractivity contribution in [2.75, 3.05) is 0 Å². The lowest BCUT2D eigenvalue weighted by atomic mass is 10.2. The van der Waals surface area contributed by atoms with Crippen LogP contribution in [-0.4, -0.2) is 20.6 Å². The number of hydrogen-bond acceptors (Lipinski definition) is 2. The van der Waals surface area contributed by atoms with Gasteiger partial charge < -0.3 is 5.11 Å². The molecule has 0 fully saturated rings. The van der Waals surface area contributed by atoms with Gasteiger partial charge in [0.05, 0.1) is 21.8 Å². The summed E-state index contributed by atoms with van der Waals surface area (Å²) in [7, 11) is 0. The number of benzene rings is 2. The van der Waals surface area contributed by atoms with Crippen LogP contribution in [0.5, 0.6) is 0 Å². The third kappa shape index (κ3) is 2.06. The molecule has 6 heteroatoms. The van der Waals surface area contributed by atoms with E-state index in [4.69, 9.17) is 11.6 Å². The molecule has 3 aromatic rings. The number of carboxylic acids is 1. The average Bonchev–Trinajstić information content (AvgIpc) is 2.77. The molecule has 0 unspecified atom stereocenters. The van der Waals surface area contributed by atoms with Crippen molar-refractivity contribution in [2.24, 2.45) is 0 Å². The lowest BCUT2D eigenvalue weighted by molar-refractivity contribution is 0.0699. The minimum atomic E-state index is -1.07. The molecule has 0 amide bonds. The summed E-state index contributed by atoms with van der Waals surface area (Å²) in [5, 5.41) is 9.21. The minimum absolute atomic E-state index is 0.00291. The predicted octanol–water partition coefficient (Wildman–Crippen LogP) is 3.82. The second-order valence-electron chi connectivity index (χ2n) is 4.55. The Labute approximate surface area is 124 Å². The predicted molar refractivity (Wildman–Crippen MR) is 77.7 cm³/mol. The monoisotopic (exact) mass is 304 g/mol. The van der Waals surface area contributed by atoms with E-state index in [2.05, 4.69) is 4.98 Å². The molecular weight excluding hydrogens is 295 g/mol. The Bertz CT molecular complexity index is 873. The van der Waals surface area contributed by atoms with E-state index in [9.17, 15) is 14.3 Å². The normalized spacial score (nSPS) is 11.0. The molecule has 1 aromatic heterocycles. The van der Waals surface area contributed by atoms with Crippen molar-refractivity contribution in [3.8, 4) is 5.69 Å². The molecule has 0 atom stereocenters. The van der Waals surface area contributed by atoms with Gasteiger partial charge in [-0.1, -0.05) is 23.7 Å². The van der Waals surface area contributed by atoms with Crippen LogP contribution < -0.4 is 0 Å². The highest BCUT2D eigenvalue weighted by atomic mass is 35.5. The number of carbonyl (C=O) groups is 1. The quantitative estimate of drug-likeness (QED) is 0.783. The number of aryl methyl sites for hydroxylation is 1. The van der Waals surface area contributed by atoms with E-state index in [1.807, 2.05) is 0 Å². The van der Waals surface area contributed by atoms with Crippen LogP contribution in [0, 0.1) is 12.7 Å². The molecule has 0 aliphatic carbocycles. The molecule has 0 saturated carbocycles. The Morgan fingerprint density at radius 2 is 2.00 bits per heavy atom. The molecule has 0 spiro atoms. The first-order valence-electron chi connectivity index (χ1n) is 6.16. The molecule has 1 N–H and O–H groups in total. The van der Waals surface area contributed by atoms with E-state index in [-0.39, 0.29) is 16.3 Å². The van der Waals surface area contributed by atoms with Gasteiger partial charge in [-0.05, 0) is 31.2 Å². The number of para-hydroxylation sites is 1. The van der Waals surface area contributed by atoms with Gasteiger partial charge in [0.25, 0.3) is 0 Å². The molecular formula is C15H10ClFN2O2. The molecule has 2 aromatic carbocycles. The van der Waals surface area contributed by atoms with Crippen molar-refractivity contribution in [2.45, 2.75) is 6.92 Å². The fraction of sp³-hybridized carbons (Fsp3) is 0.0667. The van der Waals surface area contributed by atoms with E-state index < -0.39 is 11.8 Å². The van der Waals surface area contributed by atoms with Crippen LogP contribution in [-0.2, 0) is 0 Å². The highest BCUT2D eigenvalue weighted by Crippen LogP contribution is 2.28. The maximum Gasteiger partial charge on any atom is 0.337 e. The summed E-state index contributed by atoms with van der Waals surface area (Å²) in [5.74, 6) is -1.15. The summed E-state index contributed by atoms with van der Waals surface area (Å²) in [6.45, 7) is 1.69. The summed E-state index contributed by atoms with van der Waals surface area (Å²) in [5.41, 5.74) is 1.16. The van der Waals surface area contributed by atoms with Gasteiger partial charge in [-0.2, -0.15) is 0 Å². The zero-order valence-electron chi connectivity index (χ0n) is 11.0. The van der Waals surface area contributed by atoms with Crippen molar-refractivity contribution in [3.05, 3.63) is 58.6 Å². The third-order valence-corrected chi connectivity index (χ3v) is 3.55. The van der Waals surface area contributed by atoms with Crippen molar-refractivity contribution in [1.29, 1.82) is 0 Å². The van der Waals surface area contributed by atoms with E-state index in [0.717, 1.165) is 0 Å². The van der Waals surface area contributed by atoms with Gasteiger partial charge in [-0.3, -0.25) is 4.57 Å². The number of halogens is 2. The maximum absolute atomic E-state index is 14.2. The molecule has 21 heavy (non-hydrogen) atoms. The fourth-order valence-electron chi connectivity index (χ4n) is 2.36. The van der Waals surface area contributed by atoms with Gasteiger partial charge in [0.15, 0.2) is 5.82 Å². The van der Waals surface area contributed by atoms with Gasteiger partial charge in [-0.15, -0.1) is 0 Å². The van der Waals surface area contributed by atoms with Crippen LogP contribution in [0.1, 0.15) is 16.2 Å². The van der Waals surface area contributed by atoms with Gasteiger partial charge in [-0.25, -0.2) is 14.2 Å². The van der Waals surface area contributed by atoms with E-state index in [1.165, 1.54) is 12.1 Å². The molecule has 0 bridgehead atoms. The first-order chi connectivity index (χ1) is 10.0. The van der Waals surface area contributed by atoms with Crippen LogP contribution in [0.4, 0.5) is 4.39 Å². The van der Waals surface area contributed by atoms with Crippen LogP contribution >= 0.6 is 11.6 Å². The molecule has 4 nitrogen and oxygen atoms in total. The van der Waals surface area contributed by atoms with Gasteiger partial charge in [0.2, 0.25) is 0 Å². The highest BCUT2D eigenvalue weighted by Gasteiger charge is 2.18. The van der Waals surface area contributed by atoms with E-state index in [1.54, 1.807) is 35.8 Å². The summed E-state index contributed by atoms with van der Waals surface area (Å²) in [6, 6.07) is 9.43. The Morgan fingerprint density at radius 3 is 2.71 bits per heavy atom. The Hall–Kier alpha value is -2.40. The average molecular weight is 305 g/mol. The number of fused-ring (bicyclic) bond motifs is 1. The Balaban J connectivity index is 2.39. The standard InChI is InChI=1S/C15H10ClFN2O2/c1-8-18-14-9(15(20)21)4-2-7-12(14)19(8)11-6-3-5-10(16)13(11)17/h2-7H,1H3,(H,20,21). The van der Waals surface area contributed by atoms with Crippen molar-refractivity contribution < 1.29 is 14.3 Å². The lowest BCUT2D eigenvalue weighted by Gasteiger charge is -2.09. The molecule has 1 heterocycles. The van der Waals surface area contributed by atoms with Crippen LogP contribution in [0.15, 0.2) is 36.4 Å². The number of imidazole rings is 1. The van der Waals surface area contributed by atoms with Gasteiger partial charge in [0, 0.05) is 0 Å². The minimum Gasteiger partial charge on any atom is -0.478 e. The molecule has 0 radical (unpaired) electrons. The largest absolute Gasteiger partial charge is 0.478 e. The second kappa shape index (κ2) is 4.86. The van der Waals surface area contributed by atoms with Crippen molar-refractivity contribution >= 4 is 28.6 Å². The smallest absolute Gasteiger partial charge is 0.337 e. The van der Waals surface area contributed by atoms with Crippen LogP contribution in [0.3, 0.4) is 0 Å². The first-order valence-corrected chi connectivity index (χ1v) is 6.54. The van der Waals surface area contributed by atoms with Crippen molar-refractivity contribution in [1.82, 2.24) is 9.55 Å². The molecule has 0 aliphatic heterocycles. The Morgan fingerprint density at radius 1 is 1.29 bits per heavy atom. The zero-order valence-corrected chi connectivity index (χ0v) is 11.7. The highest BCUT2D eigenvalue weighted by molar-refractivity contribution is 6.30. The van der Waals surface area contributed by atoms with E-state index in [0.29, 0.717) is 16.9 Å². The topological polar surface area (TPSA) is 55.1 Å². The maximum atomic E-state index is 14.2. The summed E-state index contributed by atoms with van der Waals surface area (Å²) < 4.78 is 15.8. The fourth-order valence-corrected chi connectivity index (χ4v) is 2.53. The summed E-state index contributed by atoms with van der Waals surface area (Å²) >= 11 is 5.81. The number of carboxylic acid groups (broad SMARTS) is 1. The molecule has 3 rings (SSSR count). The second-order valence-corrected chi connectivity index (χ2v) is 4.95. The number of nitrogens with zero attached hydrogens (tertiary/aromatic N) is 2. The number of aromatic nitrogens is 2. The molecule has 106 valence electrons. The Kier molecular flexibility index (Phi) is 3.14. The van der Waals surface area contributed by atoms with Gasteiger partial charge in [0.1, 0.15) is 11.3 Å². The SMILES string of the molecule is Cc1nc2c(C(=O)O)cccc2n1-c1cccc(Cl)c1F. The van der Waals surface area contributed by atoms with E-state index >= 15 is 0 Å².